The monoisotopic (exact) mass is 399 g/mol. The highest BCUT2D eigenvalue weighted by Gasteiger charge is 1.83. The van der Waals surface area contributed by atoms with E-state index in [0.717, 1.165) is 16.8 Å². The summed E-state index contributed by atoms with van der Waals surface area (Å²) in [5.74, 6) is 10.5. The van der Waals surface area contributed by atoms with Crippen molar-refractivity contribution in [3.05, 3.63) is 83.1 Å². The van der Waals surface area contributed by atoms with E-state index in [1.807, 2.05) is 59.8 Å². The van der Waals surface area contributed by atoms with Gasteiger partial charge in [-0.25, -0.2) is 8.78 Å². The van der Waals surface area contributed by atoms with Gasteiger partial charge in [0.25, 0.3) is 0 Å². The summed E-state index contributed by atoms with van der Waals surface area (Å²) in [7, 11) is 0. The van der Waals surface area contributed by atoms with Crippen LogP contribution in [0.15, 0.2) is 71.7 Å². The number of rotatable bonds is 2. The molecule has 0 spiro atoms. The summed E-state index contributed by atoms with van der Waals surface area (Å²) in [4.78, 5) is 0. The van der Waals surface area contributed by atoms with Gasteiger partial charge in [-0.1, -0.05) is 35.8 Å². The second-order valence-corrected chi connectivity index (χ2v) is 5.71. The van der Waals surface area contributed by atoms with Crippen LogP contribution in [0.25, 0.3) is 0 Å². The fourth-order valence-corrected chi connectivity index (χ4v) is 1.26. The van der Waals surface area contributed by atoms with Gasteiger partial charge in [-0.2, -0.15) is 0 Å². The Morgan fingerprint density at radius 2 is 1.41 bits per heavy atom. The smallest absolute Gasteiger partial charge is 0.123 e. The molecule has 3 heteroatoms. The van der Waals surface area contributed by atoms with Crippen molar-refractivity contribution in [1.82, 2.24) is 0 Å². The molecule has 0 saturated carbocycles. The quantitative estimate of drug-likeness (QED) is 0.406. The van der Waals surface area contributed by atoms with Gasteiger partial charge in [0.15, 0.2) is 0 Å². The molecular weight excluding hydrogens is 364 g/mol. The van der Waals surface area contributed by atoms with Gasteiger partial charge in [0.05, 0.1) is 5.83 Å². The van der Waals surface area contributed by atoms with Crippen LogP contribution in [0, 0.1) is 36.4 Å². The van der Waals surface area contributed by atoms with E-state index >= 15 is 0 Å². The normalized spacial score (nSPS) is 10.5. The molecule has 2 N–H and O–H groups in total. The molecule has 0 saturated heterocycles. The van der Waals surface area contributed by atoms with Gasteiger partial charge in [0.2, 0.25) is 0 Å². The number of halogens is 2. The summed E-state index contributed by atoms with van der Waals surface area (Å²) < 4.78 is 24.2. The topological polar surface area (TPSA) is 26.0 Å². The first-order chi connectivity index (χ1) is 13.6. The molecule has 1 rings (SSSR count). The van der Waals surface area contributed by atoms with Crippen molar-refractivity contribution in [2.75, 3.05) is 0 Å². The van der Waals surface area contributed by atoms with Crippen molar-refractivity contribution in [2.24, 2.45) is 5.73 Å². The lowest BCUT2D eigenvalue weighted by atomic mass is 10.2. The molecule has 29 heavy (non-hydrogen) atoms. The number of aryl methyl sites for hydroxylation is 1. The molecule has 0 unspecified atom stereocenters. The van der Waals surface area contributed by atoms with E-state index < -0.39 is 0 Å². The second kappa shape index (κ2) is 23.0. The molecule has 0 heterocycles. The van der Waals surface area contributed by atoms with E-state index in [-0.39, 0.29) is 11.6 Å². The first-order valence-electron chi connectivity index (χ1n) is 9.18. The Morgan fingerprint density at radius 3 is 1.69 bits per heavy atom. The third kappa shape index (κ3) is 33.0. The average molecular weight is 400 g/mol. The Bertz CT molecular complexity index is 737. The maximum atomic E-state index is 12.1. The van der Waals surface area contributed by atoms with Crippen LogP contribution >= 0.6 is 0 Å². The second-order valence-electron chi connectivity index (χ2n) is 5.71. The third-order valence-corrected chi connectivity index (χ3v) is 2.70. The predicted molar refractivity (Wildman–Crippen MR) is 125 cm³/mol. The molecule has 1 aromatic carbocycles. The number of nitrogens with two attached hydrogens (primary N) is 1. The predicted octanol–water partition coefficient (Wildman–Crippen LogP) is 7.42. The fourth-order valence-electron chi connectivity index (χ4n) is 1.26. The van der Waals surface area contributed by atoms with Gasteiger partial charge < -0.3 is 5.73 Å². The lowest BCUT2D eigenvalue weighted by Crippen LogP contribution is -1.87. The summed E-state index contributed by atoms with van der Waals surface area (Å²) in [6.07, 6.45) is 8.77. The molecule has 0 radical (unpaired) electrons. The Hall–Kier alpha value is -3.04. The zero-order chi connectivity index (χ0) is 23.1. The Balaban J connectivity index is -0.000000324. The van der Waals surface area contributed by atoms with Crippen LogP contribution in [0.2, 0.25) is 0 Å². The van der Waals surface area contributed by atoms with E-state index in [0.29, 0.717) is 0 Å². The zero-order valence-corrected chi connectivity index (χ0v) is 19.0. The molecule has 0 aromatic heterocycles. The van der Waals surface area contributed by atoms with Crippen LogP contribution in [0.5, 0.6) is 0 Å². The highest BCUT2D eigenvalue weighted by Crippen LogP contribution is 1.99. The number of hydrogen-bond donors (Lipinski definition) is 1. The molecule has 1 nitrogen and oxygen atoms in total. The Morgan fingerprint density at radius 1 is 0.897 bits per heavy atom. The third-order valence-electron chi connectivity index (χ3n) is 2.70. The molecule has 0 fully saturated rings. The SMILES string of the molecule is C/C=C\C=C(\C)N.CC#C/C(C)=C\C=C(/C)F.CC#CC.Cc1ccc(F)cc1. The van der Waals surface area contributed by atoms with Crippen LogP contribution in [0.4, 0.5) is 8.78 Å². The summed E-state index contributed by atoms with van der Waals surface area (Å²) >= 11 is 0. The maximum absolute atomic E-state index is 12.1. The standard InChI is InChI=1S/C9H11F.C7H7F.C6H11N.C4H6/c1-4-5-8(2)6-7-9(3)10;1-6-2-4-7(8)5-3-6;1-3-4-5-6(2)7;1-3-4-2/h6-7H,1-3H3;2-5H,1H3;3-5H,7H2,1-2H3;1-2H3/b8-6-,9-7+;;4-3-,6-5-;. The van der Waals surface area contributed by atoms with Crippen LogP contribution in [-0.4, -0.2) is 0 Å². The number of benzene rings is 1. The van der Waals surface area contributed by atoms with Crippen LogP contribution < -0.4 is 5.73 Å². The summed E-state index contributed by atoms with van der Waals surface area (Å²) in [6.45, 7) is 14.4. The largest absolute Gasteiger partial charge is 0.402 e. The molecule has 0 aliphatic heterocycles. The molecular formula is C26H35F2N. The zero-order valence-electron chi connectivity index (χ0n) is 19.0. The van der Waals surface area contributed by atoms with Crippen LogP contribution in [0.1, 0.15) is 54.0 Å². The average Bonchev–Trinajstić information content (AvgIpc) is 2.68. The first-order valence-corrected chi connectivity index (χ1v) is 9.18. The van der Waals surface area contributed by atoms with Crippen molar-refractivity contribution in [3.63, 3.8) is 0 Å². The van der Waals surface area contributed by atoms with Gasteiger partial charge >= 0.3 is 0 Å². The van der Waals surface area contributed by atoms with Gasteiger partial charge in [-0.15, -0.1) is 17.8 Å². The number of allylic oxidation sites excluding steroid dienone is 8. The van der Waals surface area contributed by atoms with Crippen LogP contribution in [-0.2, 0) is 0 Å². The van der Waals surface area contributed by atoms with Crippen molar-refractivity contribution in [1.29, 1.82) is 0 Å². The summed E-state index contributed by atoms with van der Waals surface area (Å²) in [5.41, 5.74) is 8.10. The van der Waals surface area contributed by atoms with E-state index in [2.05, 4.69) is 23.7 Å². The molecule has 0 aliphatic carbocycles. The van der Waals surface area contributed by atoms with E-state index in [1.165, 1.54) is 25.1 Å². The van der Waals surface area contributed by atoms with E-state index in [1.54, 1.807) is 25.1 Å². The first kappa shape index (κ1) is 30.7. The summed E-state index contributed by atoms with van der Waals surface area (Å²) in [6, 6.07) is 6.40. The van der Waals surface area contributed by atoms with Crippen LogP contribution in [0.3, 0.4) is 0 Å². The van der Waals surface area contributed by atoms with Crippen molar-refractivity contribution >= 4 is 0 Å². The highest BCUT2D eigenvalue weighted by molar-refractivity contribution is 5.29. The minimum atomic E-state index is -0.197. The number of hydrogen-bond acceptors (Lipinski definition) is 1. The molecule has 0 aliphatic rings. The molecule has 158 valence electrons. The maximum Gasteiger partial charge on any atom is 0.123 e. The Kier molecular flexibility index (Phi) is 24.3. The van der Waals surface area contributed by atoms with Crippen molar-refractivity contribution < 1.29 is 8.78 Å². The van der Waals surface area contributed by atoms with Gasteiger partial charge in [-0.05, 0) is 91.3 Å². The molecule has 0 amide bonds. The lowest BCUT2D eigenvalue weighted by Gasteiger charge is -1.87. The van der Waals surface area contributed by atoms with Gasteiger partial charge in [0, 0.05) is 5.70 Å². The van der Waals surface area contributed by atoms with Gasteiger partial charge in [-0.3, -0.25) is 0 Å². The van der Waals surface area contributed by atoms with E-state index in [4.69, 9.17) is 5.73 Å². The fraction of sp³-hybridized carbons (Fsp3) is 0.308. The van der Waals surface area contributed by atoms with Crippen molar-refractivity contribution in [2.45, 2.75) is 55.4 Å². The summed E-state index contributed by atoms with van der Waals surface area (Å²) in [5, 5.41) is 0. The Labute approximate surface area is 177 Å². The van der Waals surface area contributed by atoms with Crippen molar-refractivity contribution in [3.8, 4) is 23.7 Å². The highest BCUT2D eigenvalue weighted by atomic mass is 19.1. The molecule has 1 aromatic rings. The molecule has 0 atom stereocenters. The lowest BCUT2D eigenvalue weighted by molar-refractivity contribution is 0.627. The van der Waals surface area contributed by atoms with Gasteiger partial charge in [0.1, 0.15) is 5.82 Å². The minimum Gasteiger partial charge on any atom is -0.402 e. The van der Waals surface area contributed by atoms with E-state index in [9.17, 15) is 8.78 Å². The minimum absolute atomic E-state index is 0.171. The molecule has 0 bridgehead atoms.